The molecule has 0 saturated carbocycles. The monoisotopic (exact) mass is 247 g/mol. The number of hydrogen-bond donors (Lipinski definition) is 2. The summed E-state index contributed by atoms with van der Waals surface area (Å²) in [5, 5.41) is 6.83. The van der Waals surface area contributed by atoms with Gasteiger partial charge in [-0.15, -0.1) is 0 Å². The third-order valence-corrected chi connectivity index (χ3v) is 3.15. The van der Waals surface area contributed by atoms with Gasteiger partial charge in [0.1, 0.15) is 5.52 Å². The SMILES string of the molecule is c1nc2ccc(NCCC3COCCN3)cc2o1. The van der Waals surface area contributed by atoms with Crippen LogP contribution in [0.2, 0.25) is 0 Å². The Hall–Kier alpha value is -1.59. The molecule has 96 valence electrons. The van der Waals surface area contributed by atoms with Crippen LogP contribution in [0.15, 0.2) is 29.0 Å². The van der Waals surface area contributed by atoms with E-state index in [-0.39, 0.29) is 0 Å². The summed E-state index contributed by atoms with van der Waals surface area (Å²) in [5.41, 5.74) is 2.78. The number of morpholine rings is 1. The van der Waals surface area contributed by atoms with Gasteiger partial charge in [0, 0.05) is 30.9 Å². The van der Waals surface area contributed by atoms with Crippen molar-refractivity contribution in [3.8, 4) is 0 Å². The van der Waals surface area contributed by atoms with Crippen LogP contribution in [0.4, 0.5) is 5.69 Å². The number of nitrogens with zero attached hydrogens (tertiary/aromatic N) is 1. The van der Waals surface area contributed by atoms with Gasteiger partial charge in [-0.05, 0) is 18.6 Å². The maximum atomic E-state index is 5.42. The van der Waals surface area contributed by atoms with Crippen molar-refractivity contribution in [1.82, 2.24) is 10.3 Å². The zero-order chi connectivity index (χ0) is 12.2. The molecular weight excluding hydrogens is 230 g/mol. The van der Waals surface area contributed by atoms with Crippen molar-refractivity contribution in [3.05, 3.63) is 24.6 Å². The minimum absolute atomic E-state index is 0.459. The highest BCUT2D eigenvalue weighted by molar-refractivity contribution is 5.76. The molecule has 1 saturated heterocycles. The fourth-order valence-corrected chi connectivity index (χ4v) is 2.16. The minimum atomic E-state index is 0.459. The number of hydrogen-bond acceptors (Lipinski definition) is 5. The molecule has 1 fully saturated rings. The molecule has 0 amide bonds. The first kappa shape index (κ1) is 11.5. The van der Waals surface area contributed by atoms with Crippen LogP contribution in [0.3, 0.4) is 0 Å². The highest BCUT2D eigenvalue weighted by Crippen LogP contribution is 2.17. The molecule has 0 aliphatic carbocycles. The third-order valence-electron chi connectivity index (χ3n) is 3.15. The zero-order valence-corrected chi connectivity index (χ0v) is 10.2. The Balaban J connectivity index is 1.52. The first-order valence-corrected chi connectivity index (χ1v) is 6.30. The second-order valence-corrected chi connectivity index (χ2v) is 4.48. The normalized spacial score (nSPS) is 20.1. The van der Waals surface area contributed by atoms with E-state index in [9.17, 15) is 0 Å². The predicted molar refractivity (Wildman–Crippen MR) is 69.7 cm³/mol. The predicted octanol–water partition coefficient (Wildman–Crippen LogP) is 1.62. The van der Waals surface area contributed by atoms with Crippen molar-refractivity contribution in [3.63, 3.8) is 0 Å². The molecule has 0 bridgehead atoms. The molecule has 5 nitrogen and oxygen atoms in total. The summed E-state index contributed by atoms with van der Waals surface area (Å²) in [6.07, 6.45) is 2.52. The average Bonchev–Trinajstić information content (AvgIpc) is 2.87. The van der Waals surface area contributed by atoms with Gasteiger partial charge in [0.05, 0.1) is 13.2 Å². The third kappa shape index (κ3) is 2.63. The molecule has 1 unspecified atom stereocenters. The number of anilines is 1. The summed E-state index contributed by atoms with van der Waals surface area (Å²) in [5.74, 6) is 0. The molecule has 1 aromatic heterocycles. The van der Waals surface area contributed by atoms with Crippen LogP contribution in [0.5, 0.6) is 0 Å². The lowest BCUT2D eigenvalue weighted by molar-refractivity contribution is 0.0753. The molecule has 1 atom stereocenters. The van der Waals surface area contributed by atoms with E-state index >= 15 is 0 Å². The van der Waals surface area contributed by atoms with E-state index in [0.717, 1.165) is 49.5 Å². The fourth-order valence-electron chi connectivity index (χ4n) is 2.16. The molecule has 2 N–H and O–H groups in total. The Labute approximate surface area is 106 Å². The second kappa shape index (κ2) is 5.37. The standard InChI is InChI=1S/C13H17N3O2/c1-2-12-13(18-9-16-12)7-10(1)14-4-3-11-8-17-6-5-15-11/h1-2,7,9,11,14-15H,3-6,8H2. The van der Waals surface area contributed by atoms with Crippen LogP contribution in [0, 0.1) is 0 Å². The minimum Gasteiger partial charge on any atom is -0.443 e. The van der Waals surface area contributed by atoms with Crippen LogP contribution in [-0.2, 0) is 4.74 Å². The number of rotatable bonds is 4. The van der Waals surface area contributed by atoms with Crippen molar-refractivity contribution in [1.29, 1.82) is 0 Å². The number of nitrogens with one attached hydrogen (secondary N) is 2. The molecule has 5 heteroatoms. The Kier molecular flexibility index (Phi) is 3.43. The van der Waals surface area contributed by atoms with Crippen molar-refractivity contribution < 1.29 is 9.15 Å². The van der Waals surface area contributed by atoms with E-state index in [2.05, 4.69) is 15.6 Å². The van der Waals surface area contributed by atoms with Gasteiger partial charge in [-0.1, -0.05) is 0 Å². The van der Waals surface area contributed by atoms with Crippen molar-refractivity contribution >= 4 is 16.8 Å². The van der Waals surface area contributed by atoms with E-state index in [1.807, 2.05) is 18.2 Å². The first-order valence-electron chi connectivity index (χ1n) is 6.30. The van der Waals surface area contributed by atoms with Gasteiger partial charge in [-0.2, -0.15) is 0 Å². The molecule has 0 spiro atoms. The Morgan fingerprint density at radius 3 is 3.33 bits per heavy atom. The lowest BCUT2D eigenvalue weighted by atomic mass is 10.2. The van der Waals surface area contributed by atoms with E-state index in [1.165, 1.54) is 6.39 Å². The van der Waals surface area contributed by atoms with E-state index in [4.69, 9.17) is 9.15 Å². The molecular formula is C13H17N3O2. The maximum absolute atomic E-state index is 5.42. The molecule has 2 aromatic rings. The lowest BCUT2D eigenvalue weighted by Gasteiger charge is -2.23. The smallest absolute Gasteiger partial charge is 0.181 e. The van der Waals surface area contributed by atoms with Crippen LogP contribution >= 0.6 is 0 Å². The number of fused-ring (bicyclic) bond motifs is 1. The van der Waals surface area contributed by atoms with Crippen molar-refractivity contribution in [2.24, 2.45) is 0 Å². The average molecular weight is 247 g/mol. The summed E-state index contributed by atoms with van der Waals surface area (Å²) < 4.78 is 10.7. The van der Waals surface area contributed by atoms with E-state index in [0.29, 0.717) is 6.04 Å². The highest BCUT2D eigenvalue weighted by Gasteiger charge is 2.11. The van der Waals surface area contributed by atoms with Crippen LogP contribution in [-0.4, -0.2) is 37.3 Å². The molecule has 3 rings (SSSR count). The molecule has 1 aliphatic heterocycles. The summed E-state index contributed by atoms with van der Waals surface area (Å²) in [6.45, 7) is 3.50. The number of benzene rings is 1. The summed E-state index contributed by atoms with van der Waals surface area (Å²) in [4.78, 5) is 4.09. The lowest BCUT2D eigenvalue weighted by Crippen LogP contribution is -2.42. The zero-order valence-electron chi connectivity index (χ0n) is 10.2. The Morgan fingerprint density at radius 1 is 1.44 bits per heavy atom. The molecule has 18 heavy (non-hydrogen) atoms. The van der Waals surface area contributed by atoms with Crippen LogP contribution < -0.4 is 10.6 Å². The highest BCUT2D eigenvalue weighted by atomic mass is 16.5. The topological polar surface area (TPSA) is 59.3 Å². The van der Waals surface area contributed by atoms with Gasteiger partial charge >= 0.3 is 0 Å². The fraction of sp³-hybridized carbons (Fsp3) is 0.462. The number of aromatic nitrogens is 1. The molecule has 0 radical (unpaired) electrons. The maximum Gasteiger partial charge on any atom is 0.181 e. The van der Waals surface area contributed by atoms with E-state index in [1.54, 1.807) is 0 Å². The summed E-state index contributed by atoms with van der Waals surface area (Å²) >= 11 is 0. The van der Waals surface area contributed by atoms with Crippen LogP contribution in [0.25, 0.3) is 11.1 Å². The van der Waals surface area contributed by atoms with Gasteiger partial charge in [0.25, 0.3) is 0 Å². The van der Waals surface area contributed by atoms with Gasteiger partial charge in [-0.3, -0.25) is 0 Å². The number of oxazole rings is 1. The van der Waals surface area contributed by atoms with E-state index < -0.39 is 0 Å². The quantitative estimate of drug-likeness (QED) is 0.859. The van der Waals surface area contributed by atoms with Gasteiger partial charge < -0.3 is 19.8 Å². The first-order chi connectivity index (χ1) is 8.92. The Bertz CT molecular complexity index is 506. The van der Waals surface area contributed by atoms with Gasteiger partial charge in [-0.25, -0.2) is 4.98 Å². The molecule has 2 heterocycles. The second-order valence-electron chi connectivity index (χ2n) is 4.48. The van der Waals surface area contributed by atoms with Gasteiger partial charge in [0.2, 0.25) is 0 Å². The summed E-state index contributed by atoms with van der Waals surface area (Å²) in [6, 6.07) is 6.42. The molecule has 1 aliphatic rings. The van der Waals surface area contributed by atoms with Crippen molar-refractivity contribution in [2.75, 3.05) is 31.6 Å². The van der Waals surface area contributed by atoms with Gasteiger partial charge in [0.15, 0.2) is 12.0 Å². The number of ether oxygens (including phenoxy) is 1. The summed E-state index contributed by atoms with van der Waals surface area (Å²) in [7, 11) is 0. The largest absolute Gasteiger partial charge is 0.443 e. The van der Waals surface area contributed by atoms with Crippen molar-refractivity contribution in [2.45, 2.75) is 12.5 Å². The molecule has 1 aromatic carbocycles. The van der Waals surface area contributed by atoms with Crippen LogP contribution in [0.1, 0.15) is 6.42 Å². The Morgan fingerprint density at radius 2 is 2.44 bits per heavy atom.